The van der Waals surface area contributed by atoms with Crippen LogP contribution < -0.4 is 5.32 Å². The van der Waals surface area contributed by atoms with E-state index in [1.54, 1.807) is 17.1 Å². The summed E-state index contributed by atoms with van der Waals surface area (Å²) in [6.07, 6.45) is 5.69. The number of carbonyl (C=O) groups is 1. The molecule has 134 valence electrons. The summed E-state index contributed by atoms with van der Waals surface area (Å²) in [5, 5.41) is 8.70. The van der Waals surface area contributed by atoms with Crippen LogP contribution in [0.1, 0.15) is 30.9 Å². The molecule has 3 heterocycles. The van der Waals surface area contributed by atoms with E-state index >= 15 is 0 Å². The Kier molecular flexibility index (Phi) is 3.79. The van der Waals surface area contributed by atoms with Crippen molar-refractivity contribution in [3.63, 3.8) is 0 Å². The number of anilines is 1. The number of ketones is 1. The zero-order valence-electron chi connectivity index (χ0n) is 14.4. The second-order valence-electron chi connectivity index (χ2n) is 6.69. The third-order valence-corrected chi connectivity index (χ3v) is 5.23. The maximum absolute atomic E-state index is 12.8. The lowest BCUT2D eigenvalue weighted by atomic mass is 9.85. The van der Waals surface area contributed by atoms with E-state index in [0.717, 1.165) is 35.2 Å². The first-order chi connectivity index (χ1) is 13.2. The van der Waals surface area contributed by atoms with Crippen LogP contribution in [0, 0.1) is 0 Å². The summed E-state index contributed by atoms with van der Waals surface area (Å²) in [5.41, 5.74) is 3.52. The van der Waals surface area contributed by atoms with Crippen LogP contribution in [0.15, 0.2) is 60.1 Å². The fraction of sp³-hybridized carbons (Fsp3) is 0.200. The van der Waals surface area contributed by atoms with Crippen LogP contribution in [0.5, 0.6) is 0 Å². The number of nitrogens with one attached hydrogen (secondary N) is 1. The van der Waals surface area contributed by atoms with Gasteiger partial charge in [0.2, 0.25) is 5.95 Å². The van der Waals surface area contributed by atoms with Gasteiger partial charge in [-0.15, -0.1) is 5.10 Å². The molecule has 1 N–H and O–H groups in total. The van der Waals surface area contributed by atoms with Gasteiger partial charge in [0, 0.05) is 40.7 Å². The van der Waals surface area contributed by atoms with Gasteiger partial charge in [-0.05, 0) is 42.7 Å². The topological polar surface area (TPSA) is 72.7 Å². The second-order valence-corrected chi connectivity index (χ2v) is 7.13. The van der Waals surface area contributed by atoms with Crippen molar-refractivity contribution < 1.29 is 4.79 Å². The molecule has 0 unspecified atom stereocenters. The van der Waals surface area contributed by atoms with Gasteiger partial charge in [0.25, 0.3) is 0 Å². The number of benzene rings is 1. The summed E-state index contributed by atoms with van der Waals surface area (Å²) in [5.74, 6) is 1.38. The summed E-state index contributed by atoms with van der Waals surface area (Å²) in [6, 6.07) is 11.0. The number of halogens is 1. The fourth-order valence-electron chi connectivity index (χ4n) is 3.73. The quantitative estimate of drug-likeness (QED) is 0.730. The molecule has 2 aromatic heterocycles. The first-order valence-corrected chi connectivity index (χ1v) is 9.24. The molecule has 0 fully saturated rings. The van der Waals surface area contributed by atoms with Gasteiger partial charge in [0.1, 0.15) is 6.04 Å². The molecule has 1 aliphatic carbocycles. The summed E-state index contributed by atoms with van der Waals surface area (Å²) in [7, 11) is 0. The molecule has 0 spiro atoms. The van der Waals surface area contributed by atoms with Crippen LogP contribution in [-0.2, 0) is 4.79 Å². The Hall–Kier alpha value is -2.99. The highest BCUT2D eigenvalue weighted by atomic mass is 35.5. The lowest BCUT2D eigenvalue weighted by Gasteiger charge is -2.32. The van der Waals surface area contributed by atoms with E-state index in [1.165, 1.54) is 0 Å². The fourth-order valence-corrected chi connectivity index (χ4v) is 3.85. The van der Waals surface area contributed by atoms with Crippen LogP contribution >= 0.6 is 11.6 Å². The highest BCUT2D eigenvalue weighted by molar-refractivity contribution is 6.30. The normalized spacial score (nSPS) is 18.7. The molecule has 1 aromatic carbocycles. The zero-order valence-corrected chi connectivity index (χ0v) is 15.1. The van der Waals surface area contributed by atoms with Crippen LogP contribution in [0.25, 0.3) is 11.4 Å². The number of allylic oxidation sites excluding steroid dienone is 2. The Morgan fingerprint density at radius 3 is 2.78 bits per heavy atom. The molecular weight excluding hydrogens is 362 g/mol. The number of hydrogen-bond acceptors (Lipinski definition) is 5. The maximum atomic E-state index is 12.8. The minimum Gasteiger partial charge on any atom is -0.328 e. The van der Waals surface area contributed by atoms with Gasteiger partial charge in [-0.25, -0.2) is 4.68 Å². The van der Waals surface area contributed by atoms with Crippen molar-refractivity contribution in [1.29, 1.82) is 0 Å². The van der Waals surface area contributed by atoms with Gasteiger partial charge in [0.15, 0.2) is 11.6 Å². The third kappa shape index (κ3) is 2.73. The van der Waals surface area contributed by atoms with Gasteiger partial charge < -0.3 is 5.32 Å². The summed E-state index contributed by atoms with van der Waals surface area (Å²) < 4.78 is 1.80. The van der Waals surface area contributed by atoms with E-state index in [2.05, 4.69) is 15.3 Å². The molecule has 3 aromatic rings. The Labute approximate surface area is 160 Å². The lowest BCUT2D eigenvalue weighted by molar-refractivity contribution is -0.116. The van der Waals surface area contributed by atoms with Crippen LogP contribution in [0.4, 0.5) is 5.95 Å². The number of fused-ring (bicyclic) bond motifs is 1. The van der Waals surface area contributed by atoms with Crippen molar-refractivity contribution in [3.05, 3.63) is 70.6 Å². The maximum Gasteiger partial charge on any atom is 0.226 e. The Bertz CT molecular complexity index is 1060. The highest BCUT2D eigenvalue weighted by Gasteiger charge is 2.36. The Morgan fingerprint density at radius 2 is 2.00 bits per heavy atom. The lowest BCUT2D eigenvalue weighted by Crippen LogP contribution is -2.31. The minimum absolute atomic E-state index is 0.160. The SMILES string of the molecule is O=C1CCCC2=C1[C@@H](c1ccc(Cl)cc1)n1nc(-c3cccnc3)nc1N2. The van der Waals surface area contributed by atoms with E-state index in [0.29, 0.717) is 23.2 Å². The number of carbonyl (C=O) groups excluding carboxylic acids is 1. The van der Waals surface area contributed by atoms with E-state index < -0.39 is 0 Å². The summed E-state index contributed by atoms with van der Waals surface area (Å²) >= 11 is 6.07. The molecule has 27 heavy (non-hydrogen) atoms. The molecule has 0 saturated heterocycles. The number of hydrogen-bond donors (Lipinski definition) is 1. The largest absolute Gasteiger partial charge is 0.328 e. The molecule has 6 nitrogen and oxygen atoms in total. The summed E-state index contributed by atoms with van der Waals surface area (Å²) in [4.78, 5) is 21.6. The molecule has 0 saturated carbocycles. The van der Waals surface area contributed by atoms with E-state index in [1.807, 2.05) is 36.4 Å². The summed E-state index contributed by atoms with van der Waals surface area (Å²) in [6.45, 7) is 0. The first kappa shape index (κ1) is 16.2. The smallest absolute Gasteiger partial charge is 0.226 e. The van der Waals surface area contributed by atoms with Gasteiger partial charge >= 0.3 is 0 Å². The molecule has 5 rings (SSSR count). The van der Waals surface area contributed by atoms with E-state index in [9.17, 15) is 4.79 Å². The minimum atomic E-state index is -0.306. The molecule has 0 bridgehead atoms. The molecular formula is C20H16ClN5O. The van der Waals surface area contributed by atoms with Crippen LogP contribution in [0.2, 0.25) is 5.02 Å². The Morgan fingerprint density at radius 1 is 1.15 bits per heavy atom. The predicted octanol–water partition coefficient (Wildman–Crippen LogP) is 4.02. The average molecular weight is 378 g/mol. The number of Topliss-reactive ketones (excluding diaryl/α,β-unsaturated/α-hetero) is 1. The van der Waals surface area contributed by atoms with Gasteiger partial charge in [-0.1, -0.05) is 23.7 Å². The second kappa shape index (κ2) is 6.32. The van der Waals surface area contributed by atoms with Crippen LogP contribution in [0.3, 0.4) is 0 Å². The molecule has 7 heteroatoms. The number of pyridine rings is 1. The van der Waals surface area contributed by atoms with E-state index in [-0.39, 0.29) is 11.8 Å². The van der Waals surface area contributed by atoms with Crippen molar-refractivity contribution in [1.82, 2.24) is 19.7 Å². The van der Waals surface area contributed by atoms with Gasteiger partial charge in [-0.3, -0.25) is 9.78 Å². The molecule has 1 atom stereocenters. The van der Waals surface area contributed by atoms with Gasteiger partial charge in [-0.2, -0.15) is 4.98 Å². The zero-order chi connectivity index (χ0) is 18.4. The molecule has 2 aliphatic rings. The third-order valence-electron chi connectivity index (χ3n) is 4.97. The van der Waals surface area contributed by atoms with Crippen molar-refractivity contribution in [2.24, 2.45) is 0 Å². The molecule has 0 amide bonds. The van der Waals surface area contributed by atoms with Crippen molar-refractivity contribution in [2.45, 2.75) is 25.3 Å². The van der Waals surface area contributed by atoms with E-state index in [4.69, 9.17) is 16.7 Å². The standard InChI is InChI=1S/C20H16ClN5O/c21-14-8-6-12(7-9-14)18-17-15(4-1-5-16(17)27)23-20-24-19(25-26(18)20)13-3-2-10-22-11-13/h2-3,6-11,18H,1,4-5H2,(H,23,24,25)/t18-/m1/s1. The monoisotopic (exact) mass is 377 g/mol. The highest BCUT2D eigenvalue weighted by Crippen LogP contribution is 2.40. The molecule has 0 radical (unpaired) electrons. The Balaban J connectivity index is 1.68. The number of aromatic nitrogens is 4. The average Bonchev–Trinajstić information content (AvgIpc) is 3.12. The molecule has 1 aliphatic heterocycles. The number of nitrogens with zero attached hydrogens (tertiary/aromatic N) is 4. The number of rotatable bonds is 2. The first-order valence-electron chi connectivity index (χ1n) is 8.86. The van der Waals surface area contributed by atoms with Crippen molar-refractivity contribution in [3.8, 4) is 11.4 Å². The predicted molar refractivity (Wildman–Crippen MR) is 102 cm³/mol. The van der Waals surface area contributed by atoms with Crippen molar-refractivity contribution in [2.75, 3.05) is 5.32 Å². The van der Waals surface area contributed by atoms with Gasteiger partial charge in [0.05, 0.1) is 0 Å². The van der Waals surface area contributed by atoms with Crippen LogP contribution in [-0.4, -0.2) is 25.5 Å². The van der Waals surface area contributed by atoms with Crippen molar-refractivity contribution >= 4 is 23.3 Å².